The van der Waals surface area contributed by atoms with Gasteiger partial charge < -0.3 is 0 Å². The Kier molecular flexibility index (Phi) is 1.43. The summed E-state index contributed by atoms with van der Waals surface area (Å²) in [6.45, 7) is 0. The molecule has 0 fully saturated rings. The lowest BCUT2D eigenvalue weighted by Gasteiger charge is -1.94. The smallest absolute Gasteiger partial charge is 0.156 e. The molecule has 0 aliphatic rings. The molecule has 0 atom stereocenters. The quantitative estimate of drug-likeness (QED) is 0.558. The molecule has 2 rings (SSSR count). The topological polar surface area (TPSA) is 38.7 Å². The zero-order valence-corrected chi connectivity index (χ0v) is 6.28. The van der Waals surface area contributed by atoms with Crippen molar-refractivity contribution < 1.29 is 0 Å². The maximum atomic E-state index is 5.74. The van der Waals surface area contributed by atoms with Crippen molar-refractivity contribution in [1.29, 1.82) is 0 Å². The number of hydrogen-bond donors (Lipinski definition) is 0. The lowest BCUT2D eigenvalue weighted by molar-refractivity contribution is 1.25. The molecule has 0 amide bonds. The second kappa shape index (κ2) is 2.43. The second-order valence-electron chi connectivity index (χ2n) is 2.03. The van der Waals surface area contributed by atoms with Crippen LogP contribution in [0.2, 0.25) is 5.15 Å². The second-order valence-corrected chi connectivity index (χ2v) is 2.38. The Morgan fingerprint density at radius 3 is 2.64 bits per heavy atom. The van der Waals surface area contributed by atoms with E-state index in [1.165, 1.54) is 0 Å². The van der Waals surface area contributed by atoms with Crippen LogP contribution in [-0.4, -0.2) is 15.0 Å². The molecule has 3 nitrogen and oxygen atoms in total. The average Bonchev–Trinajstić information content (AvgIpc) is 2.06. The lowest BCUT2D eigenvalue weighted by Crippen LogP contribution is -1.84. The van der Waals surface area contributed by atoms with Crippen LogP contribution in [0.3, 0.4) is 0 Å². The summed E-state index contributed by atoms with van der Waals surface area (Å²) in [5, 5.41) is 0.399. The number of halogens is 1. The number of aromatic nitrogens is 3. The predicted molar refractivity (Wildman–Crippen MR) is 42.3 cm³/mol. The predicted octanol–water partition coefficient (Wildman–Crippen LogP) is 1.68. The van der Waals surface area contributed by atoms with Gasteiger partial charge in [-0.3, -0.25) is 4.98 Å². The molecule has 54 valence electrons. The van der Waals surface area contributed by atoms with Crippen molar-refractivity contribution in [2.75, 3.05) is 0 Å². The first-order chi connectivity index (χ1) is 5.38. The largest absolute Gasteiger partial charge is 0.253 e. The minimum atomic E-state index is 0.399. The van der Waals surface area contributed by atoms with Gasteiger partial charge in [0.1, 0.15) is 5.52 Å². The van der Waals surface area contributed by atoms with Crippen LogP contribution >= 0.6 is 11.6 Å². The summed E-state index contributed by atoms with van der Waals surface area (Å²) in [5.74, 6) is 0. The summed E-state index contributed by atoms with van der Waals surface area (Å²) in [7, 11) is 0. The molecule has 0 aromatic carbocycles. The first-order valence-electron chi connectivity index (χ1n) is 3.09. The van der Waals surface area contributed by atoms with Crippen molar-refractivity contribution in [3.8, 4) is 0 Å². The fourth-order valence-corrected chi connectivity index (χ4v) is 1.07. The van der Waals surface area contributed by atoms with Gasteiger partial charge in [-0.2, -0.15) is 0 Å². The van der Waals surface area contributed by atoms with Gasteiger partial charge in [0.25, 0.3) is 0 Å². The van der Waals surface area contributed by atoms with E-state index in [0.717, 1.165) is 5.52 Å². The third-order valence-corrected chi connectivity index (χ3v) is 1.62. The van der Waals surface area contributed by atoms with Crippen LogP contribution in [0.1, 0.15) is 0 Å². The molecular weight excluding hydrogens is 162 g/mol. The molecule has 11 heavy (non-hydrogen) atoms. The van der Waals surface area contributed by atoms with Gasteiger partial charge in [-0.25, -0.2) is 9.97 Å². The number of pyridine rings is 1. The van der Waals surface area contributed by atoms with E-state index in [9.17, 15) is 0 Å². The molecule has 0 spiro atoms. The normalized spacial score (nSPS) is 10.3. The van der Waals surface area contributed by atoms with E-state index >= 15 is 0 Å². The van der Waals surface area contributed by atoms with Crippen LogP contribution in [-0.2, 0) is 0 Å². The lowest BCUT2D eigenvalue weighted by atomic mass is 10.4. The molecule has 0 aliphatic carbocycles. The monoisotopic (exact) mass is 165 g/mol. The van der Waals surface area contributed by atoms with Crippen LogP contribution in [0.5, 0.6) is 0 Å². The molecule has 0 bridgehead atoms. The summed E-state index contributed by atoms with van der Waals surface area (Å²) < 4.78 is 0. The first kappa shape index (κ1) is 6.49. The first-order valence-corrected chi connectivity index (χ1v) is 3.47. The molecular formula is C7H4ClN3. The fraction of sp³-hybridized carbons (Fsp3) is 0. The van der Waals surface area contributed by atoms with Crippen LogP contribution in [0.4, 0.5) is 0 Å². The molecule has 2 aromatic heterocycles. The Labute approximate surface area is 68.1 Å². The highest BCUT2D eigenvalue weighted by Crippen LogP contribution is 2.14. The summed E-state index contributed by atoms with van der Waals surface area (Å²) in [5.41, 5.74) is 1.42. The molecule has 0 N–H and O–H groups in total. The average molecular weight is 166 g/mol. The Balaban J connectivity index is 2.91. The van der Waals surface area contributed by atoms with Gasteiger partial charge in [0, 0.05) is 18.6 Å². The highest BCUT2D eigenvalue weighted by Gasteiger charge is 1.98. The number of fused-ring (bicyclic) bond motifs is 1. The van der Waals surface area contributed by atoms with Gasteiger partial charge in [0.2, 0.25) is 0 Å². The molecule has 4 heteroatoms. The SMILES string of the molecule is Clc1nccc2nccnc12. The standard InChI is InChI=1S/C7H4ClN3/c8-7-6-5(1-2-11-7)9-3-4-10-6/h1-4H. The van der Waals surface area contributed by atoms with E-state index in [-0.39, 0.29) is 0 Å². The van der Waals surface area contributed by atoms with Crippen LogP contribution in [0, 0.1) is 0 Å². The van der Waals surface area contributed by atoms with Crippen LogP contribution in [0.15, 0.2) is 24.7 Å². The third kappa shape index (κ3) is 1.03. The Bertz CT molecular complexity index is 383. The van der Waals surface area contributed by atoms with E-state index in [1.54, 1.807) is 24.7 Å². The van der Waals surface area contributed by atoms with Gasteiger partial charge in [-0.15, -0.1) is 0 Å². The summed E-state index contributed by atoms with van der Waals surface area (Å²) in [4.78, 5) is 11.9. The Hall–Kier alpha value is -1.22. The molecule has 2 aromatic rings. The van der Waals surface area contributed by atoms with E-state index in [1.807, 2.05) is 0 Å². The van der Waals surface area contributed by atoms with E-state index in [0.29, 0.717) is 10.7 Å². The van der Waals surface area contributed by atoms with Gasteiger partial charge in [0.15, 0.2) is 5.15 Å². The van der Waals surface area contributed by atoms with Crippen LogP contribution < -0.4 is 0 Å². The number of hydrogen-bond acceptors (Lipinski definition) is 3. The zero-order chi connectivity index (χ0) is 7.68. The van der Waals surface area contributed by atoms with Crippen molar-refractivity contribution in [2.24, 2.45) is 0 Å². The van der Waals surface area contributed by atoms with Gasteiger partial charge in [-0.05, 0) is 6.07 Å². The van der Waals surface area contributed by atoms with Crippen molar-refractivity contribution >= 4 is 22.6 Å². The number of rotatable bonds is 0. The Morgan fingerprint density at radius 1 is 1.00 bits per heavy atom. The van der Waals surface area contributed by atoms with E-state index < -0.39 is 0 Å². The van der Waals surface area contributed by atoms with Crippen LogP contribution in [0.25, 0.3) is 11.0 Å². The van der Waals surface area contributed by atoms with Crippen molar-refractivity contribution in [3.63, 3.8) is 0 Å². The van der Waals surface area contributed by atoms with Crippen molar-refractivity contribution in [3.05, 3.63) is 29.8 Å². The Morgan fingerprint density at radius 2 is 1.82 bits per heavy atom. The van der Waals surface area contributed by atoms with E-state index in [2.05, 4.69) is 15.0 Å². The molecule has 2 heterocycles. The van der Waals surface area contributed by atoms with Crippen molar-refractivity contribution in [2.45, 2.75) is 0 Å². The molecule has 0 saturated heterocycles. The highest BCUT2D eigenvalue weighted by molar-refractivity contribution is 6.33. The highest BCUT2D eigenvalue weighted by atomic mass is 35.5. The number of nitrogens with zero attached hydrogens (tertiary/aromatic N) is 3. The zero-order valence-electron chi connectivity index (χ0n) is 5.53. The summed E-state index contributed by atoms with van der Waals surface area (Å²) in [6.07, 6.45) is 4.83. The van der Waals surface area contributed by atoms with Crippen molar-refractivity contribution in [1.82, 2.24) is 15.0 Å². The van der Waals surface area contributed by atoms with Gasteiger partial charge in [-0.1, -0.05) is 11.6 Å². The molecule has 0 radical (unpaired) electrons. The maximum absolute atomic E-state index is 5.74. The van der Waals surface area contributed by atoms with Gasteiger partial charge >= 0.3 is 0 Å². The van der Waals surface area contributed by atoms with Gasteiger partial charge in [0.05, 0.1) is 5.52 Å². The summed E-state index contributed by atoms with van der Waals surface area (Å²) >= 11 is 5.74. The minimum Gasteiger partial charge on any atom is -0.253 e. The third-order valence-electron chi connectivity index (χ3n) is 1.34. The minimum absolute atomic E-state index is 0.399. The maximum Gasteiger partial charge on any atom is 0.156 e. The molecule has 0 aliphatic heterocycles. The van der Waals surface area contributed by atoms with E-state index in [4.69, 9.17) is 11.6 Å². The summed E-state index contributed by atoms with van der Waals surface area (Å²) in [6, 6.07) is 1.77. The fourth-order valence-electron chi connectivity index (χ4n) is 0.864. The molecule has 0 unspecified atom stereocenters. The molecule has 0 saturated carbocycles.